The molecule has 27 heavy (non-hydrogen) atoms. The van der Waals surface area contributed by atoms with Crippen LogP contribution in [0.2, 0.25) is 10.0 Å². The average molecular weight is 410 g/mol. The monoisotopic (exact) mass is 409 g/mol. The molecule has 1 saturated heterocycles. The number of hydrogen-bond donors (Lipinski definition) is 0. The minimum atomic E-state index is -0.576. The van der Waals surface area contributed by atoms with Crippen molar-refractivity contribution in [2.45, 2.75) is 25.4 Å². The summed E-state index contributed by atoms with van der Waals surface area (Å²) in [6.07, 6.45) is 2.99. The number of carbonyl (C=O) groups excluding carboxylic acids is 1. The average Bonchev–Trinajstić information content (AvgIpc) is 3.18. The minimum absolute atomic E-state index is 0.0701. The van der Waals surface area contributed by atoms with Crippen molar-refractivity contribution < 1.29 is 14.3 Å². The Morgan fingerprint density at radius 2 is 2.00 bits per heavy atom. The summed E-state index contributed by atoms with van der Waals surface area (Å²) < 4.78 is 12.2. The summed E-state index contributed by atoms with van der Waals surface area (Å²) in [6, 6.07) is 5.67. The van der Waals surface area contributed by atoms with E-state index < -0.39 is 5.56 Å². The van der Waals surface area contributed by atoms with E-state index in [2.05, 4.69) is 5.10 Å². The van der Waals surface area contributed by atoms with Crippen molar-refractivity contribution in [1.82, 2.24) is 14.7 Å². The van der Waals surface area contributed by atoms with Gasteiger partial charge in [-0.2, -0.15) is 5.10 Å². The van der Waals surface area contributed by atoms with Gasteiger partial charge in [-0.05, 0) is 30.5 Å². The Bertz CT molecular complexity index is 947. The van der Waals surface area contributed by atoms with E-state index >= 15 is 0 Å². The number of carbonyl (C=O) groups is 1. The fourth-order valence-electron chi connectivity index (χ4n) is 3.46. The summed E-state index contributed by atoms with van der Waals surface area (Å²) >= 11 is 11.6. The topological polar surface area (TPSA) is 73.7 Å². The summed E-state index contributed by atoms with van der Waals surface area (Å²) in [5.74, 6) is 1.22. The molecule has 1 amide bonds. The fourth-order valence-corrected chi connectivity index (χ4v) is 3.73. The molecular weight excluding hydrogens is 393 g/mol. The maximum absolute atomic E-state index is 12.8. The van der Waals surface area contributed by atoms with Gasteiger partial charge in [0.05, 0.1) is 17.3 Å². The largest absolute Gasteiger partial charge is 0.486 e. The van der Waals surface area contributed by atoms with Crippen molar-refractivity contribution in [2.24, 2.45) is 0 Å². The van der Waals surface area contributed by atoms with E-state index in [1.807, 2.05) is 18.2 Å². The molecule has 0 spiro atoms. The van der Waals surface area contributed by atoms with Gasteiger partial charge in [0.1, 0.15) is 24.8 Å². The zero-order valence-corrected chi connectivity index (χ0v) is 15.9. The second kappa shape index (κ2) is 7.40. The molecule has 7 nitrogen and oxygen atoms in total. The molecule has 2 aromatic rings. The molecule has 0 saturated carbocycles. The highest BCUT2D eigenvalue weighted by molar-refractivity contribution is 6.41. The Labute approximate surface area is 165 Å². The first kappa shape index (κ1) is 18.1. The van der Waals surface area contributed by atoms with Crippen molar-refractivity contribution in [3.8, 4) is 11.5 Å². The van der Waals surface area contributed by atoms with Crippen molar-refractivity contribution in [2.75, 3.05) is 19.8 Å². The molecule has 1 atom stereocenters. The van der Waals surface area contributed by atoms with Crippen LogP contribution in [0.25, 0.3) is 0 Å². The highest BCUT2D eigenvalue weighted by atomic mass is 35.5. The lowest BCUT2D eigenvalue weighted by atomic mass is 10.0. The molecule has 2 aliphatic heterocycles. The highest BCUT2D eigenvalue weighted by Crippen LogP contribution is 2.38. The lowest BCUT2D eigenvalue weighted by Crippen LogP contribution is -2.37. The number of ether oxygens (including phenoxy) is 2. The van der Waals surface area contributed by atoms with Crippen molar-refractivity contribution in [3.05, 3.63) is 50.4 Å². The smallest absolute Gasteiger partial charge is 0.287 e. The van der Waals surface area contributed by atoms with Crippen LogP contribution in [0, 0.1) is 0 Å². The molecule has 4 rings (SSSR count). The van der Waals surface area contributed by atoms with E-state index in [9.17, 15) is 9.59 Å². The molecule has 1 unspecified atom stereocenters. The lowest BCUT2D eigenvalue weighted by molar-refractivity contribution is -0.133. The Morgan fingerprint density at radius 1 is 1.22 bits per heavy atom. The van der Waals surface area contributed by atoms with Gasteiger partial charge >= 0.3 is 0 Å². The van der Waals surface area contributed by atoms with Crippen LogP contribution in [0.3, 0.4) is 0 Å². The Balaban J connectivity index is 1.55. The molecule has 0 aliphatic carbocycles. The van der Waals surface area contributed by atoms with Gasteiger partial charge in [0, 0.05) is 6.54 Å². The highest BCUT2D eigenvalue weighted by Gasteiger charge is 2.31. The van der Waals surface area contributed by atoms with Gasteiger partial charge in [-0.3, -0.25) is 9.59 Å². The number of fused-ring (bicyclic) bond motifs is 1. The van der Waals surface area contributed by atoms with Gasteiger partial charge in [0.15, 0.2) is 11.5 Å². The molecule has 2 aliphatic rings. The number of nitrogens with zero attached hydrogens (tertiary/aromatic N) is 3. The normalized spacial score (nSPS) is 18.6. The third-order valence-electron chi connectivity index (χ3n) is 4.75. The van der Waals surface area contributed by atoms with Gasteiger partial charge < -0.3 is 14.4 Å². The summed E-state index contributed by atoms with van der Waals surface area (Å²) in [6.45, 7) is 1.48. The summed E-state index contributed by atoms with van der Waals surface area (Å²) in [4.78, 5) is 26.7. The van der Waals surface area contributed by atoms with Crippen LogP contribution in [-0.2, 0) is 11.3 Å². The fraction of sp³-hybridized carbons (Fsp3) is 0.389. The van der Waals surface area contributed by atoms with Gasteiger partial charge in [-0.1, -0.05) is 29.3 Å². The van der Waals surface area contributed by atoms with Crippen LogP contribution in [0.1, 0.15) is 24.4 Å². The predicted octanol–water partition coefficient (Wildman–Crippen LogP) is 2.69. The van der Waals surface area contributed by atoms with E-state index in [4.69, 9.17) is 32.7 Å². The molecule has 0 bridgehead atoms. The lowest BCUT2D eigenvalue weighted by Gasteiger charge is -2.27. The number of rotatable bonds is 3. The summed E-state index contributed by atoms with van der Waals surface area (Å²) in [5, 5.41) is 3.84. The SMILES string of the molecule is O=C(Cn1ncc(Cl)c(Cl)c1=O)N1CCCC1c1ccc2c(c1)OCCO2. The molecular formula is C18H17Cl2N3O4. The molecule has 142 valence electrons. The Morgan fingerprint density at radius 3 is 2.81 bits per heavy atom. The van der Waals surface area contributed by atoms with Crippen LogP contribution < -0.4 is 15.0 Å². The molecule has 1 aromatic carbocycles. The van der Waals surface area contributed by atoms with E-state index in [0.29, 0.717) is 31.3 Å². The first-order valence-corrected chi connectivity index (χ1v) is 9.40. The standard InChI is InChI=1S/C18H17Cl2N3O4/c19-12-9-21-23(18(25)17(12)20)10-16(24)22-5-1-2-13(22)11-3-4-14-15(8-11)27-7-6-26-14/h3-4,8-9,13H,1-2,5-7,10H2. The van der Waals surface area contributed by atoms with Gasteiger partial charge in [0.25, 0.3) is 5.56 Å². The van der Waals surface area contributed by atoms with Crippen LogP contribution in [0.15, 0.2) is 29.2 Å². The number of hydrogen-bond acceptors (Lipinski definition) is 5. The van der Waals surface area contributed by atoms with Crippen LogP contribution in [-0.4, -0.2) is 40.3 Å². The number of halogens is 2. The van der Waals surface area contributed by atoms with E-state index in [1.54, 1.807) is 4.90 Å². The van der Waals surface area contributed by atoms with Crippen molar-refractivity contribution in [3.63, 3.8) is 0 Å². The van der Waals surface area contributed by atoms with Crippen LogP contribution in [0.4, 0.5) is 0 Å². The van der Waals surface area contributed by atoms with Crippen molar-refractivity contribution >= 4 is 29.1 Å². The first-order chi connectivity index (χ1) is 13.0. The molecule has 9 heteroatoms. The summed E-state index contributed by atoms with van der Waals surface area (Å²) in [7, 11) is 0. The number of likely N-dealkylation sites (tertiary alicyclic amines) is 1. The third-order valence-corrected chi connectivity index (χ3v) is 5.50. The van der Waals surface area contributed by atoms with E-state index in [0.717, 1.165) is 23.1 Å². The molecule has 0 radical (unpaired) electrons. The number of amides is 1. The Kier molecular flexibility index (Phi) is 4.97. The van der Waals surface area contributed by atoms with Crippen LogP contribution in [0.5, 0.6) is 11.5 Å². The van der Waals surface area contributed by atoms with E-state index in [-0.39, 0.29) is 28.5 Å². The van der Waals surface area contributed by atoms with Gasteiger partial charge in [-0.25, -0.2) is 4.68 Å². The zero-order valence-electron chi connectivity index (χ0n) is 14.4. The minimum Gasteiger partial charge on any atom is -0.486 e. The quantitative estimate of drug-likeness (QED) is 0.778. The first-order valence-electron chi connectivity index (χ1n) is 8.65. The third kappa shape index (κ3) is 3.49. The second-order valence-electron chi connectivity index (χ2n) is 6.42. The van der Waals surface area contributed by atoms with Gasteiger partial charge in [-0.15, -0.1) is 0 Å². The number of benzene rings is 1. The van der Waals surface area contributed by atoms with E-state index in [1.165, 1.54) is 6.20 Å². The summed E-state index contributed by atoms with van der Waals surface area (Å²) in [5.41, 5.74) is 0.409. The molecule has 1 aromatic heterocycles. The maximum Gasteiger partial charge on any atom is 0.287 e. The van der Waals surface area contributed by atoms with Crippen LogP contribution >= 0.6 is 23.2 Å². The molecule has 3 heterocycles. The van der Waals surface area contributed by atoms with Crippen molar-refractivity contribution in [1.29, 1.82) is 0 Å². The zero-order chi connectivity index (χ0) is 19.0. The molecule has 0 N–H and O–H groups in total. The molecule has 1 fully saturated rings. The predicted molar refractivity (Wildman–Crippen MR) is 99.6 cm³/mol. The second-order valence-corrected chi connectivity index (χ2v) is 7.20. The maximum atomic E-state index is 12.8. The number of aromatic nitrogens is 2. The Hall–Kier alpha value is -2.25. The van der Waals surface area contributed by atoms with Gasteiger partial charge in [0.2, 0.25) is 5.91 Å².